The van der Waals surface area contributed by atoms with Crippen molar-refractivity contribution < 1.29 is 4.79 Å². The molecule has 0 saturated carbocycles. The van der Waals surface area contributed by atoms with Gasteiger partial charge in [0.05, 0.1) is 11.3 Å². The SMILES string of the molecule is CCC(CC)Nc1c(C(N)=O)cnc2[nH]ccc12. The van der Waals surface area contributed by atoms with E-state index in [1.807, 2.05) is 6.07 Å². The van der Waals surface area contributed by atoms with Crippen LogP contribution in [0.5, 0.6) is 0 Å². The number of carbonyl (C=O) groups excluding carboxylic acids is 1. The van der Waals surface area contributed by atoms with Gasteiger partial charge in [-0.2, -0.15) is 0 Å². The number of amides is 1. The lowest BCUT2D eigenvalue weighted by atomic mass is 10.1. The first-order valence-electron chi connectivity index (χ1n) is 6.19. The number of hydrogen-bond donors (Lipinski definition) is 3. The molecule has 0 saturated heterocycles. The van der Waals surface area contributed by atoms with Gasteiger partial charge in [-0.15, -0.1) is 0 Å². The zero-order chi connectivity index (χ0) is 13.1. The quantitative estimate of drug-likeness (QED) is 0.756. The van der Waals surface area contributed by atoms with E-state index in [2.05, 4.69) is 29.1 Å². The Bertz CT molecular complexity index is 557. The molecule has 0 atom stereocenters. The predicted molar refractivity (Wildman–Crippen MR) is 72.6 cm³/mol. The maximum absolute atomic E-state index is 11.5. The summed E-state index contributed by atoms with van der Waals surface area (Å²) in [5.41, 5.74) is 7.38. The molecule has 0 spiro atoms. The number of H-pyrrole nitrogens is 1. The third kappa shape index (κ3) is 2.16. The fourth-order valence-corrected chi connectivity index (χ4v) is 2.05. The molecule has 18 heavy (non-hydrogen) atoms. The molecule has 2 heterocycles. The van der Waals surface area contributed by atoms with Gasteiger partial charge < -0.3 is 16.0 Å². The summed E-state index contributed by atoms with van der Waals surface area (Å²) in [6.45, 7) is 4.22. The van der Waals surface area contributed by atoms with Crippen molar-refractivity contribution in [2.24, 2.45) is 5.73 Å². The number of hydrogen-bond acceptors (Lipinski definition) is 3. The Labute approximate surface area is 106 Å². The van der Waals surface area contributed by atoms with Crippen LogP contribution in [0.4, 0.5) is 5.69 Å². The van der Waals surface area contributed by atoms with E-state index in [0.717, 1.165) is 29.6 Å². The second kappa shape index (κ2) is 5.08. The van der Waals surface area contributed by atoms with E-state index in [-0.39, 0.29) is 0 Å². The molecule has 0 aliphatic heterocycles. The Balaban J connectivity index is 2.52. The number of fused-ring (bicyclic) bond motifs is 1. The zero-order valence-corrected chi connectivity index (χ0v) is 10.7. The molecule has 0 aliphatic rings. The van der Waals surface area contributed by atoms with Crippen LogP contribution in [-0.4, -0.2) is 21.9 Å². The van der Waals surface area contributed by atoms with Crippen molar-refractivity contribution in [3.63, 3.8) is 0 Å². The number of aromatic nitrogens is 2. The van der Waals surface area contributed by atoms with Gasteiger partial charge in [0.25, 0.3) is 5.91 Å². The van der Waals surface area contributed by atoms with E-state index in [9.17, 15) is 4.79 Å². The Hall–Kier alpha value is -2.04. The van der Waals surface area contributed by atoms with Crippen LogP contribution >= 0.6 is 0 Å². The summed E-state index contributed by atoms with van der Waals surface area (Å²) >= 11 is 0. The van der Waals surface area contributed by atoms with Crippen LogP contribution in [-0.2, 0) is 0 Å². The number of aromatic amines is 1. The van der Waals surface area contributed by atoms with Gasteiger partial charge >= 0.3 is 0 Å². The number of nitrogens with zero attached hydrogens (tertiary/aromatic N) is 1. The Kier molecular flexibility index (Phi) is 3.50. The van der Waals surface area contributed by atoms with Gasteiger partial charge in [0.2, 0.25) is 0 Å². The van der Waals surface area contributed by atoms with E-state index in [1.54, 1.807) is 6.20 Å². The number of carbonyl (C=O) groups is 1. The highest BCUT2D eigenvalue weighted by molar-refractivity contribution is 6.05. The standard InChI is InChI=1S/C13H18N4O/c1-3-8(4-2)17-11-9-5-6-15-13(9)16-7-10(11)12(14)18/h5-8H,3-4H2,1-2H3,(H2,14,18)(H2,15,16,17). The van der Waals surface area contributed by atoms with E-state index < -0.39 is 5.91 Å². The van der Waals surface area contributed by atoms with Crippen LogP contribution in [0.3, 0.4) is 0 Å². The highest BCUT2D eigenvalue weighted by Crippen LogP contribution is 2.26. The summed E-state index contributed by atoms with van der Waals surface area (Å²) < 4.78 is 0. The molecule has 4 N–H and O–H groups in total. The molecular weight excluding hydrogens is 228 g/mol. The Morgan fingerprint density at radius 3 is 2.83 bits per heavy atom. The molecule has 2 aromatic rings. The molecule has 0 fully saturated rings. The number of rotatable bonds is 5. The molecule has 0 aromatic carbocycles. The first-order valence-corrected chi connectivity index (χ1v) is 6.19. The molecule has 96 valence electrons. The van der Waals surface area contributed by atoms with Gasteiger partial charge in [-0.1, -0.05) is 13.8 Å². The molecule has 0 bridgehead atoms. The minimum Gasteiger partial charge on any atom is -0.381 e. The van der Waals surface area contributed by atoms with Crippen molar-refractivity contribution in [2.75, 3.05) is 5.32 Å². The summed E-state index contributed by atoms with van der Waals surface area (Å²) in [7, 11) is 0. The molecule has 5 heteroatoms. The van der Waals surface area contributed by atoms with Gasteiger partial charge in [-0.05, 0) is 18.9 Å². The predicted octanol–water partition coefficient (Wildman–Crippen LogP) is 2.26. The normalized spacial score (nSPS) is 11.1. The Morgan fingerprint density at radius 2 is 2.22 bits per heavy atom. The molecule has 2 aromatic heterocycles. The maximum Gasteiger partial charge on any atom is 0.252 e. The summed E-state index contributed by atoms with van der Waals surface area (Å²) in [6, 6.07) is 2.23. The smallest absolute Gasteiger partial charge is 0.252 e. The molecule has 0 aliphatic carbocycles. The molecule has 0 radical (unpaired) electrons. The highest BCUT2D eigenvalue weighted by atomic mass is 16.1. The van der Waals surface area contributed by atoms with Gasteiger partial charge in [0.1, 0.15) is 5.65 Å². The topological polar surface area (TPSA) is 83.8 Å². The number of nitrogens with two attached hydrogens (primary N) is 1. The monoisotopic (exact) mass is 246 g/mol. The molecule has 1 amide bonds. The lowest BCUT2D eigenvalue weighted by molar-refractivity contribution is 0.100. The van der Waals surface area contributed by atoms with Crippen molar-refractivity contribution >= 4 is 22.6 Å². The third-order valence-corrected chi connectivity index (χ3v) is 3.19. The van der Waals surface area contributed by atoms with Crippen LogP contribution in [0.25, 0.3) is 11.0 Å². The third-order valence-electron chi connectivity index (χ3n) is 3.19. The van der Waals surface area contributed by atoms with Crippen LogP contribution in [0, 0.1) is 0 Å². The number of pyridine rings is 1. The van der Waals surface area contributed by atoms with Crippen LogP contribution in [0.15, 0.2) is 18.5 Å². The summed E-state index contributed by atoms with van der Waals surface area (Å²) in [5.74, 6) is -0.459. The first-order chi connectivity index (χ1) is 8.67. The second-order valence-corrected chi connectivity index (χ2v) is 4.31. The minimum atomic E-state index is -0.459. The Morgan fingerprint density at radius 1 is 1.50 bits per heavy atom. The fourth-order valence-electron chi connectivity index (χ4n) is 2.05. The minimum absolute atomic E-state index is 0.323. The van der Waals surface area contributed by atoms with Gasteiger partial charge in [0, 0.05) is 23.8 Å². The summed E-state index contributed by atoms with van der Waals surface area (Å²) in [6.07, 6.45) is 5.30. The molecular formula is C13H18N4O. The van der Waals surface area contributed by atoms with Crippen LogP contribution in [0.1, 0.15) is 37.0 Å². The van der Waals surface area contributed by atoms with E-state index in [0.29, 0.717) is 11.6 Å². The largest absolute Gasteiger partial charge is 0.381 e. The average molecular weight is 246 g/mol. The number of primary amides is 1. The van der Waals surface area contributed by atoms with Gasteiger partial charge in [-0.3, -0.25) is 4.79 Å². The maximum atomic E-state index is 11.5. The van der Waals surface area contributed by atoms with Crippen LogP contribution in [0.2, 0.25) is 0 Å². The van der Waals surface area contributed by atoms with Crippen molar-refractivity contribution in [1.29, 1.82) is 0 Å². The lowest BCUT2D eigenvalue weighted by Crippen LogP contribution is -2.21. The van der Waals surface area contributed by atoms with Gasteiger partial charge in [0.15, 0.2) is 0 Å². The van der Waals surface area contributed by atoms with E-state index in [4.69, 9.17) is 5.73 Å². The van der Waals surface area contributed by atoms with Gasteiger partial charge in [-0.25, -0.2) is 4.98 Å². The van der Waals surface area contributed by atoms with Crippen molar-refractivity contribution in [3.05, 3.63) is 24.0 Å². The lowest BCUT2D eigenvalue weighted by Gasteiger charge is -2.18. The second-order valence-electron chi connectivity index (χ2n) is 4.31. The first kappa shape index (κ1) is 12.4. The molecule has 0 unspecified atom stereocenters. The molecule has 5 nitrogen and oxygen atoms in total. The summed E-state index contributed by atoms with van der Waals surface area (Å²) in [5, 5.41) is 4.30. The highest BCUT2D eigenvalue weighted by Gasteiger charge is 2.15. The van der Waals surface area contributed by atoms with E-state index >= 15 is 0 Å². The summed E-state index contributed by atoms with van der Waals surface area (Å²) in [4.78, 5) is 18.7. The van der Waals surface area contributed by atoms with Crippen LogP contribution < -0.4 is 11.1 Å². The average Bonchev–Trinajstić information content (AvgIpc) is 2.83. The molecule has 2 rings (SSSR count). The van der Waals surface area contributed by atoms with Crippen molar-refractivity contribution in [3.8, 4) is 0 Å². The number of anilines is 1. The number of nitrogens with one attached hydrogen (secondary N) is 2. The zero-order valence-electron chi connectivity index (χ0n) is 10.7. The van der Waals surface area contributed by atoms with Crippen molar-refractivity contribution in [2.45, 2.75) is 32.7 Å². The van der Waals surface area contributed by atoms with E-state index in [1.165, 1.54) is 6.20 Å². The fraction of sp³-hybridized carbons (Fsp3) is 0.385. The van der Waals surface area contributed by atoms with Crippen molar-refractivity contribution in [1.82, 2.24) is 9.97 Å².